The highest BCUT2D eigenvalue weighted by molar-refractivity contribution is 7.13. The van der Waals surface area contributed by atoms with E-state index in [4.69, 9.17) is 16.9 Å². The Balaban J connectivity index is 2.35. The van der Waals surface area contributed by atoms with Crippen LogP contribution in [0, 0.1) is 11.3 Å². The Bertz CT molecular complexity index is 502. The van der Waals surface area contributed by atoms with Crippen molar-refractivity contribution in [3.63, 3.8) is 0 Å². The van der Waals surface area contributed by atoms with Crippen molar-refractivity contribution in [2.24, 2.45) is 0 Å². The van der Waals surface area contributed by atoms with E-state index in [0.29, 0.717) is 16.3 Å². The Kier molecular flexibility index (Phi) is 2.86. The van der Waals surface area contributed by atoms with Gasteiger partial charge in [-0.3, -0.25) is 0 Å². The highest BCUT2D eigenvalue weighted by atomic mass is 35.5. The number of anilines is 2. The molecule has 0 aliphatic heterocycles. The molecule has 15 heavy (non-hydrogen) atoms. The molecule has 3 nitrogen and oxygen atoms in total. The van der Waals surface area contributed by atoms with Crippen molar-refractivity contribution in [3.8, 4) is 6.07 Å². The summed E-state index contributed by atoms with van der Waals surface area (Å²) in [4.78, 5) is 4.07. The van der Waals surface area contributed by atoms with E-state index in [1.165, 1.54) is 11.3 Å². The van der Waals surface area contributed by atoms with Gasteiger partial charge in [-0.05, 0) is 18.2 Å². The molecule has 0 aliphatic carbocycles. The lowest BCUT2D eigenvalue weighted by atomic mass is 10.2. The molecule has 74 valence electrons. The van der Waals surface area contributed by atoms with Crippen molar-refractivity contribution in [1.82, 2.24) is 4.98 Å². The van der Waals surface area contributed by atoms with Gasteiger partial charge in [-0.25, -0.2) is 4.98 Å². The molecule has 5 heteroatoms. The zero-order valence-corrected chi connectivity index (χ0v) is 9.14. The summed E-state index contributed by atoms with van der Waals surface area (Å²) in [5, 5.41) is 15.1. The van der Waals surface area contributed by atoms with Crippen LogP contribution in [0.5, 0.6) is 0 Å². The van der Waals surface area contributed by atoms with Gasteiger partial charge in [0.15, 0.2) is 5.13 Å². The molecule has 0 saturated carbocycles. The quantitative estimate of drug-likeness (QED) is 0.868. The van der Waals surface area contributed by atoms with E-state index in [9.17, 15) is 0 Å². The largest absolute Gasteiger partial charge is 0.330 e. The van der Waals surface area contributed by atoms with Crippen LogP contribution in [0.1, 0.15) is 5.56 Å². The van der Waals surface area contributed by atoms with Gasteiger partial charge in [0, 0.05) is 16.6 Å². The number of nitrogens with zero attached hydrogens (tertiary/aromatic N) is 2. The molecule has 0 aliphatic rings. The fraction of sp³-hybridized carbons (Fsp3) is 0. The molecule has 0 bridgehead atoms. The maximum atomic E-state index is 8.89. The van der Waals surface area contributed by atoms with Crippen LogP contribution in [0.25, 0.3) is 0 Å². The van der Waals surface area contributed by atoms with Crippen molar-refractivity contribution in [1.29, 1.82) is 5.26 Å². The van der Waals surface area contributed by atoms with Crippen molar-refractivity contribution in [2.75, 3.05) is 5.32 Å². The molecule has 1 heterocycles. The van der Waals surface area contributed by atoms with Crippen LogP contribution >= 0.6 is 22.9 Å². The van der Waals surface area contributed by atoms with E-state index >= 15 is 0 Å². The summed E-state index contributed by atoms with van der Waals surface area (Å²) in [5.41, 5.74) is 1.23. The van der Waals surface area contributed by atoms with E-state index in [2.05, 4.69) is 16.4 Å². The van der Waals surface area contributed by atoms with Crippen molar-refractivity contribution in [2.45, 2.75) is 0 Å². The first kappa shape index (κ1) is 9.97. The van der Waals surface area contributed by atoms with Crippen LogP contribution < -0.4 is 5.32 Å². The van der Waals surface area contributed by atoms with Gasteiger partial charge >= 0.3 is 0 Å². The summed E-state index contributed by atoms with van der Waals surface area (Å²) in [6.45, 7) is 0. The normalized spacial score (nSPS) is 9.60. The summed E-state index contributed by atoms with van der Waals surface area (Å²) in [7, 11) is 0. The standard InChI is InChI=1S/C10H6ClN3S/c11-8-2-1-7(6-12)9(5-8)14-10-13-3-4-15-10/h1-5H,(H,13,14). The number of hydrogen-bond acceptors (Lipinski definition) is 4. The summed E-state index contributed by atoms with van der Waals surface area (Å²) in [6, 6.07) is 7.17. The molecule has 0 amide bonds. The van der Waals surface area contributed by atoms with Crippen molar-refractivity contribution >= 4 is 33.8 Å². The second kappa shape index (κ2) is 4.30. The minimum Gasteiger partial charge on any atom is -0.330 e. The van der Waals surface area contributed by atoms with Crippen molar-refractivity contribution < 1.29 is 0 Å². The minimum atomic E-state index is 0.551. The van der Waals surface area contributed by atoms with Gasteiger partial charge in [0.05, 0.1) is 11.3 Å². The maximum absolute atomic E-state index is 8.89. The first-order valence-electron chi connectivity index (χ1n) is 4.16. The number of nitrogens with one attached hydrogen (secondary N) is 1. The van der Waals surface area contributed by atoms with E-state index in [-0.39, 0.29) is 0 Å². The van der Waals surface area contributed by atoms with Crippen LogP contribution in [0.2, 0.25) is 5.02 Å². The third kappa shape index (κ3) is 2.27. The average Bonchev–Trinajstić information content (AvgIpc) is 2.71. The fourth-order valence-corrected chi connectivity index (χ4v) is 1.83. The SMILES string of the molecule is N#Cc1ccc(Cl)cc1Nc1nccs1. The first-order chi connectivity index (χ1) is 7.29. The molecule has 2 rings (SSSR count). The van der Waals surface area contributed by atoms with Gasteiger partial charge in [-0.15, -0.1) is 11.3 Å². The van der Waals surface area contributed by atoms with Gasteiger partial charge < -0.3 is 5.32 Å². The smallest absolute Gasteiger partial charge is 0.187 e. The number of nitriles is 1. The maximum Gasteiger partial charge on any atom is 0.187 e. The second-order valence-corrected chi connectivity index (χ2v) is 4.09. The van der Waals surface area contributed by atoms with E-state index in [1.54, 1.807) is 24.4 Å². The van der Waals surface area contributed by atoms with Crippen LogP contribution in [-0.4, -0.2) is 4.98 Å². The fourth-order valence-electron chi connectivity index (χ4n) is 1.12. The van der Waals surface area contributed by atoms with Crippen LogP contribution in [0.15, 0.2) is 29.8 Å². The van der Waals surface area contributed by atoms with E-state index < -0.39 is 0 Å². The molecule has 0 fully saturated rings. The molecule has 0 saturated heterocycles. The Labute approximate surface area is 96.0 Å². The number of halogens is 1. The average molecular weight is 236 g/mol. The zero-order valence-electron chi connectivity index (χ0n) is 7.57. The van der Waals surface area contributed by atoms with Crippen molar-refractivity contribution in [3.05, 3.63) is 40.4 Å². The Morgan fingerprint density at radius 3 is 3.00 bits per heavy atom. The predicted molar refractivity (Wildman–Crippen MR) is 61.6 cm³/mol. The summed E-state index contributed by atoms with van der Waals surface area (Å²) in [6.07, 6.45) is 1.70. The number of hydrogen-bond donors (Lipinski definition) is 1. The number of thiazole rings is 1. The predicted octanol–water partition coefficient (Wildman–Crippen LogP) is 3.41. The summed E-state index contributed by atoms with van der Waals surface area (Å²) >= 11 is 7.32. The Morgan fingerprint density at radius 2 is 2.33 bits per heavy atom. The lowest BCUT2D eigenvalue weighted by molar-refractivity contribution is 1.38. The summed E-state index contributed by atoms with van der Waals surface area (Å²) < 4.78 is 0. The van der Waals surface area contributed by atoms with E-state index in [1.807, 2.05) is 5.38 Å². The third-order valence-corrected chi connectivity index (χ3v) is 2.70. The number of aromatic nitrogens is 1. The molecule has 2 aromatic rings. The third-order valence-electron chi connectivity index (χ3n) is 1.78. The molecular weight excluding hydrogens is 230 g/mol. The van der Waals surface area contributed by atoms with Crippen LogP contribution in [0.3, 0.4) is 0 Å². The van der Waals surface area contributed by atoms with Gasteiger partial charge in [0.25, 0.3) is 0 Å². The molecule has 0 radical (unpaired) electrons. The highest BCUT2D eigenvalue weighted by Gasteiger charge is 2.04. The molecular formula is C10H6ClN3S. The Hall–Kier alpha value is -1.57. The minimum absolute atomic E-state index is 0.551. The zero-order chi connectivity index (χ0) is 10.7. The van der Waals surface area contributed by atoms with Gasteiger partial charge in [0.1, 0.15) is 6.07 Å². The van der Waals surface area contributed by atoms with Crippen LogP contribution in [-0.2, 0) is 0 Å². The second-order valence-electron chi connectivity index (χ2n) is 2.76. The van der Waals surface area contributed by atoms with Gasteiger partial charge in [0.2, 0.25) is 0 Å². The van der Waals surface area contributed by atoms with Gasteiger partial charge in [-0.1, -0.05) is 11.6 Å². The lowest BCUT2D eigenvalue weighted by Gasteiger charge is -2.04. The molecule has 1 N–H and O–H groups in total. The monoisotopic (exact) mass is 235 g/mol. The first-order valence-corrected chi connectivity index (χ1v) is 5.41. The lowest BCUT2D eigenvalue weighted by Crippen LogP contribution is -1.92. The highest BCUT2D eigenvalue weighted by Crippen LogP contribution is 2.25. The number of benzene rings is 1. The molecule has 0 atom stereocenters. The number of rotatable bonds is 2. The van der Waals surface area contributed by atoms with Crippen LogP contribution in [0.4, 0.5) is 10.8 Å². The van der Waals surface area contributed by atoms with E-state index in [0.717, 1.165) is 5.13 Å². The molecule has 0 spiro atoms. The van der Waals surface area contributed by atoms with Gasteiger partial charge in [-0.2, -0.15) is 5.26 Å². The topological polar surface area (TPSA) is 48.7 Å². The molecule has 1 aromatic heterocycles. The molecule has 0 unspecified atom stereocenters. The summed E-state index contributed by atoms with van der Waals surface area (Å²) in [5.74, 6) is 0. The Morgan fingerprint density at radius 1 is 1.47 bits per heavy atom. The molecule has 1 aromatic carbocycles.